The number of hydrogen-bond acceptors (Lipinski definition) is 4. The van der Waals surface area contributed by atoms with E-state index in [0.717, 1.165) is 18.7 Å². The summed E-state index contributed by atoms with van der Waals surface area (Å²) in [7, 11) is -3.55. The monoisotopic (exact) mass is 299 g/mol. The number of aromatic carboxylic acids is 1. The lowest BCUT2D eigenvalue weighted by Crippen LogP contribution is -2.12. The van der Waals surface area contributed by atoms with Gasteiger partial charge in [-0.3, -0.25) is 4.79 Å². The third-order valence-corrected chi connectivity index (χ3v) is 3.71. The van der Waals surface area contributed by atoms with Gasteiger partial charge in [-0.2, -0.15) is 0 Å². The number of unbranched alkanes of at least 4 members (excludes halogenated alkanes) is 1. The fourth-order valence-corrected chi connectivity index (χ4v) is 2.25. The molecule has 1 aromatic rings. The van der Waals surface area contributed by atoms with Crippen molar-refractivity contribution in [3.05, 3.63) is 23.8 Å². The Morgan fingerprint density at radius 3 is 2.40 bits per heavy atom. The average molecular weight is 299 g/mol. The summed E-state index contributed by atoms with van der Waals surface area (Å²) in [4.78, 5) is 22.5. The first-order valence-electron chi connectivity index (χ1n) is 6.12. The summed E-state index contributed by atoms with van der Waals surface area (Å²) in [6.07, 6.45) is 2.86. The molecule has 0 heterocycles. The molecule has 2 N–H and O–H groups in total. The highest BCUT2D eigenvalue weighted by molar-refractivity contribution is 7.90. The maximum absolute atomic E-state index is 11.6. The molecule has 0 spiro atoms. The van der Waals surface area contributed by atoms with Crippen molar-refractivity contribution < 1.29 is 23.1 Å². The normalized spacial score (nSPS) is 11.1. The number of carboxylic acids is 1. The van der Waals surface area contributed by atoms with E-state index < -0.39 is 15.8 Å². The van der Waals surface area contributed by atoms with Crippen LogP contribution < -0.4 is 5.32 Å². The number of hydrogen-bond donors (Lipinski definition) is 2. The largest absolute Gasteiger partial charge is 0.478 e. The van der Waals surface area contributed by atoms with E-state index in [2.05, 4.69) is 5.32 Å². The minimum atomic E-state index is -3.55. The van der Waals surface area contributed by atoms with E-state index in [1.54, 1.807) is 0 Å². The summed E-state index contributed by atoms with van der Waals surface area (Å²) in [5.41, 5.74) is -0.00913. The van der Waals surface area contributed by atoms with Crippen LogP contribution in [-0.4, -0.2) is 31.7 Å². The van der Waals surface area contributed by atoms with Crippen molar-refractivity contribution in [3.8, 4) is 0 Å². The van der Waals surface area contributed by atoms with Gasteiger partial charge in [0.05, 0.1) is 10.5 Å². The molecule has 0 unspecified atom stereocenters. The average Bonchev–Trinajstić information content (AvgIpc) is 2.34. The first kappa shape index (κ1) is 16.2. The van der Waals surface area contributed by atoms with E-state index in [4.69, 9.17) is 5.11 Å². The van der Waals surface area contributed by atoms with Crippen LogP contribution in [0.4, 0.5) is 5.69 Å². The second-order valence-electron chi connectivity index (χ2n) is 4.48. The lowest BCUT2D eigenvalue weighted by atomic mass is 10.2. The van der Waals surface area contributed by atoms with Crippen LogP contribution in [-0.2, 0) is 14.6 Å². The van der Waals surface area contributed by atoms with Crippen molar-refractivity contribution in [1.29, 1.82) is 0 Å². The summed E-state index contributed by atoms with van der Waals surface area (Å²) in [5.74, 6) is -1.52. The molecule has 110 valence electrons. The van der Waals surface area contributed by atoms with Gasteiger partial charge in [-0.05, 0) is 24.6 Å². The molecule has 1 rings (SSSR count). The van der Waals surface area contributed by atoms with Crippen LogP contribution in [0.2, 0.25) is 0 Å². The molecule has 0 radical (unpaired) electrons. The molecule has 1 amide bonds. The van der Waals surface area contributed by atoms with E-state index in [-0.39, 0.29) is 22.1 Å². The predicted octanol–water partition coefficient (Wildman–Crippen LogP) is 1.92. The molecule has 0 fully saturated rings. The zero-order chi connectivity index (χ0) is 15.3. The minimum absolute atomic E-state index is 0.136. The summed E-state index contributed by atoms with van der Waals surface area (Å²) >= 11 is 0. The molecule has 1 aromatic carbocycles. The topological polar surface area (TPSA) is 101 Å². The van der Waals surface area contributed by atoms with E-state index in [9.17, 15) is 18.0 Å². The molecule has 0 saturated heterocycles. The van der Waals surface area contributed by atoms with Crippen LogP contribution >= 0.6 is 0 Å². The molecule has 6 nitrogen and oxygen atoms in total. The Labute approximate surface area is 117 Å². The third kappa shape index (κ3) is 4.65. The van der Waals surface area contributed by atoms with E-state index in [1.165, 1.54) is 12.1 Å². The minimum Gasteiger partial charge on any atom is -0.478 e. The van der Waals surface area contributed by atoms with Gasteiger partial charge in [0.2, 0.25) is 5.91 Å². The van der Waals surface area contributed by atoms with Gasteiger partial charge in [-0.1, -0.05) is 13.3 Å². The van der Waals surface area contributed by atoms with E-state index in [0.29, 0.717) is 12.8 Å². The number of sulfone groups is 1. The number of nitrogens with one attached hydrogen (secondary N) is 1. The second kappa shape index (κ2) is 6.51. The van der Waals surface area contributed by atoms with Crippen LogP contribution in [0.5, 0.6) is 0 Å². The maximum atomic E-state index is 11.6. The molecule has 0 saturated carbocycles. The van der Waals surface area contributed by atoms with Crippen LogP contribution in [0.3, 0.4) is 0 Å². The molecule has 0 aromatic heterocycles. The van der Waals surface area contributed by atoms with Crippen LogP contribution in [0.1, 0.15) is 36.5 Å². The molecule has 0 bridgehead atoms. The second-order valence-corrected chi connectivity index (χ2v) is 6.49. The molecule has 0 aliphatic heterocycles. The Balaban J connectivity index is 3.10. The highest BCUT2D eigenvalue weighted by Gasteiger charge is 2.14. The van der Waals surface area contributed by atoms with E-state index in [1.807, 2.05) is 6.92 Å². The Morgan fingerprint density at radius 1 is 1.25 bits per heavy atom. The number of amides is 1. The fourth-order valence-electron chi connectivity index (χ4n) is 1.57. The zero-order valence-corrected chi connectivity index (χ0v) is 12.2. The zero-order valence-electron chi connectivity index (χ0n) is 11.3. The van der Waals surface area contributed by atoms with Crippen LogP contribution in [0.15, 0.2) is 23.1 Å². The SMILES string of the molecule is CCCCC(=O)Nc1cc(C(=O)O)cc(S(C)(=O)=O)c1. The van der Waals surface area contributed by atoms with Crippen LogP contribution in [0, 0.1) is 0 Å². The van der Waals surface area contributed by atoms with Gasteiger partial charge in [0, 0.05) is 18.4 Å². The molecular weight excluding hydrogens is 282 g/mol. The van der Waals surface area contributed by atoms with Crippen molar-refractivity contribution >= 4 is 27.4 Å². The lowest BCUT2D eigenvalue weighted by Gasteiger charge is -2.08. The molecular formula is C13H17NO5S. The van der Waals surface area contributed by atoms with Crippen LogP contribution in [0.25, 0.3) is 0 Å². The van der Waals surface area contributed by atoms with Gasteiger partial charge in [0.1, 0.15) is 0 Å². The number of carbonyl (C=O) groups is 2. The number of carbonyl (C=O) groups excluding carboxylic acids is 1. The van der Waals surface area contributed by atoms with Gasteiger partial charge in [0.25, 0.3) is 0 Å². The fraction of sp³-hybridized carbons (Fsp3) is 0.385. The predicted molar refractivity (Wildman–Crippen MR) is 74.7 cm³/mol. The Morgan fingerprint density at radius 2 is 1.90 bits per heavy atom. The van der Waals surface area contributed by atoms with Gasteiger partial charge >= 0.3 is 5.97 Å². The number of carboxylic acid groups (broad SMARTS) is 1. The summed E-state index contributed by atoms with van der Waals surface area (Å²) in [5, 5.41) is 11.5. The summed E-state index contributed by atoms with van der Waals surface area (Å²) in [6.45, 7) is 1.94. The van der Waals surface area contributed by atoms with E-state index >= 15 is 0 Å². The third-order valence-electron chi connectivity index (χ3n) is 2.62. The van der Waals surface area contributed by atoms with Gasteiger partial charge in [0.15, 0.2) is 9.84 Å². The maximum Gasteiger partial charge on any atom is 0.335 e. The standard InChI is InChI=1S/C13H17NO5S/c1-3-4-5-12(15)14-10-6-9(13(16)17)7-11(8-10)20(2,18)19/h6-8H,3-5H2,1-2H3,(H,14,15)(H,16,17). The first-order valence-corrected chi connectivity index (χ1v) is 8.01. The highest BCUT2D eigenvalue weighted by Crippen LogP contribution is 2.19. The molecule has 0 aliphatic rings. The number of anilines is 1. The molecule has 0 aliphatic carbocycles. The Hall–Kier alpha value is -1.89. The number of rotatable bonds is 6. The lowest BCUT2D eigenvalue weighted by molar-refractivity contribution is -0.116. The highest BCUT2D eigenvalue weighted by atomic mass is 32.2. The Kier molecular flexibility index (Phi) is 5.26. The number of benzene rings is 1. The first-order chi connectivity index (χ1) is 9.24. The van der Waals surface area contributed by atoms with Crippen molar-refractivity contribution in [2.24, 2.45) is 0 Å². The van der Waals surface area contributed by atoms with Crippen molar-refractivity contribution in [3.63, 3.8) is 0 Å². The van der Waals surface area contributed by atoms with Crippen molar-refractivity contribution in [1.82, 2.24) is 0 Å². The van der Waals surface area contributed by atoms with Gasteiger partial charge in [-0.25, -0.2) is 13.2 Å². The van der Waals surface area contributed by atoms with Crippen molar-refractivity contribution in [2.45, 2.75) is 31.1 Å². The Bertz CT molecular complexity index is 622. The quantitative estimate of drug-likeness (QED) is 0.835. The van der Waals surface area contributed by atoms with Gasteiger partial charge in [-0.15, -0.1) is 0 Å². The summed E-state index contributed by atoms with van der Waals surface area (Å²) in [6, 6.07) is 3.56. The summed E-state index contributed by atoms with van der Waals surface area (Å²) < 4.78 is 23.0. The molecule has 0 atom stereocenters. The molecule has 20 heavy (non-hydrogen) atoms. The smallest absolute Gasteiger partial charge is 0.335 e. The molecule has 7 heteroatoms. The van der Waals surface area contributed by atoms with Crippen molar-refractivity contribution in [2.75, 3.05) is 11.6 Å². The van der Waals surface area contributed by atoms with Gasteiger partial charge < -0.3 is 10.4 Å².